The van der Waals surface area contributed by atoms with Crippen LogP contribution >= 0.6 is 11.8 Å². The summed E-state index contributed by atoms with van der Waals surface area (Å²) in [6, 6.07) is 0. The molecule has 0 amide bonds. The molecule has 1 aromatic rings. The van der Waals surface area contributed by atoms with Crippen LogP contribution in [0.25, 0.3) is 0 Å². The molecule has 0 fully saturated rings. The van der Waals surface area contributed by atoms with E-state index in [2.05, 4.69) is 9.97 Å². The van der Waals surface area contributed by atoms with Crippen molar-refractivity contribution in [3.8, 4) is 0 Å². The van der Waals surface area contributed by atoms with Crippen LogP contribution in [0.5, 0.6) is 0 Å². The second-order valence-electron chi connectivity index (χ2n) is 2.80. The van der Waals surface area contributed by atoms with Crippen molar-refractivity contribution in [3.63, 3.8) is 0 Å². The van der Waals surface area contributed by atoms with Gasteiger partial charge in [-0.15, -0.1) is 0 Å². The zero-order valence-corrected chi connectivity index (χ0v) is 8.08. The highest BCUT2D eigenvalue weighted by atomic mass is 32.2. The van der Waals surface area contributed by atoms with E-state index in [0.29, 0.717) is 18.4 Å². The first-order chi connectivity index (χ1) is 6.75. The monoisotopic (exact) mass is 212 g/mol. The Labute approximate surface area is 84.5 Å². The second kappa shape index (κ2) is 3.93. The van der Waals surface area contributed by atoms with Crippen molar-refractivity contribution in [2.24, 2.45) is 0 Å². The van der Waals surface area contributed by atoms with Crippen LogP contribution in [0.15, 0.2) is 11.4 Å². The van der Waals surface area contributed by atoms with Crippen molar-refractivity contribution in [3.05, 3.63) is 17.5 Å². The molecule has 0 aromatic carbocycles. The molecule has 5 nitrogen and oxygen atoms in total. The summed E-state index contributed by atoms with van der Waals surface area (Å²) in [5.41, 5.74) is 1.86. The maximum absolute atomic E-state index is 10.3. The number of thioether (sulfide) groups is 1. The zero-order chi connectivity index (χ0) is 9.97. The summed E-state index contributed by atoms with van der Waals surface area (Å²) >= 11 is 1.12. The van der Waals surface area contributed by atoms with Crippen molar-refractivity contribution >= 4 is 17.7 Å². The van der Waals surface area contributed by atoms with Gasteiger partial charge < -0.3 is 9.84 Å². The highest BCUT2D eigenvalue weighted by Gasteiger charge is 2.14. The first-order valence-electron chi connectivity index (χ1n) is 4.03. The van der Waals surface area contributed by atoms with Crippen LogP contribution in [0, 0.1) is 0 Å². The van der Waals surface area contributed by atoms with Gasteiger partial charge in [0, 0.05) is 11.8 Å². The minimum Gasteiger partial charge on any atom is -0.481 e. The highest BCUT2D eigenvalue weighted by molar-refractivity contribution is 7.99. The smallest absolute Gasteiger partial charge is 0.313 e. The summed E-state index contributed by atoms with van der Waals surface area (Å²) in [4.78, 5) is 18.5. The summed E-state index contributed by atoms with van der Waals surface area (Å²) in [5.74, 6) is -0.880. The summed E-state index contributed by atoms with van der Waals surface area (Å²) in [7, 11) is 0. The van der Waals surface area contributed by atoms with E-state index in [1.807, 2.05) is 0 Å². The molecule has 0 atom stereocenters. The van der Waals surface area contributed by atoms with Crippen molar-refractivity contribution in [2.75, 3.05) is 5.75 Å². The van der Waals surface area contributed by atoms with Gasteiger partial charge in [0.2, 0.25) is 0 Å². The summed E-state index contributed by atoms with van der Waals surface area (Å²) in [5, 5.41) is 8.96. The number of hydrogen-bond acceptors (Lipinski definition) is 5. The number of hydrogen-bond donors (Lipinski definition) is 1. The van der Waals surface area contributed by atoms with Gasteiger partial charge in [-0.3, -0.25) is 4.79 Å². The number of carboxylic acid groups (broad SMARTS) is 1. The van der Waals surface area contributed by atoms with E-state index in [1.54, 1.807) is 6.20 Å². The van der Waals surface area contributed by atoms with E-state index in [4.69, 9.17) is 9.84 Å². The number of nitrogens with zero attached hydrogens (tertiary/aromatic N) is 2. The molecule has 1 aliphatic rings. The number of fused-ring (bicyclic) bond motifs is 1. The van der Waals surface area contributed by atoms with Gasteiger partial charge in [-0.1, -0.05) is 11.8 Å². The van der Waals surface area contributed by atoms with Gasteiger partial charge in [-0.25, -0.2) is 9.97 Å². The summed E-state index contributed by atoms with van der Waals surface area (Å²) in [6.07, 6.45) is 1.69. The molecule has 6 heteroatoms. The van der Waals surface area contributed by atoms with E-state index in [-0.39, 0.29) is 5.75 Å². The molecule has 0 aliphatic carbocycles. The lowest BCUT2D eigenvalue weighted by molar-refractivity contribution is -0.133. The van der Waals surface area contributed by atoms with Crippen molar-refractivity contribution in [2.45, 2.75) is 18.4 Å². The molecule has 1 aliphatic heterocycles. The lowest BCUT2D eigenvalue weighted by Gasteiger charge is -1.99. The molecule has 0 bridgehead atoms. The van der Waals surface area contributed by atoms with Gasteiger partial charge in [0.15, 0.2) is 5.16 Å². The third kappa shape index (κ3) is 2.02. The van der Waals surface area contributed by atoms with Gasteiger partial charge >= 0.3 is 5.97 Å². The minimum atomic E-state index is -0.865. The standard InChI is InChI=1S/C8H8N2O3S/c11-7(12)4-14-8-9-1-5-2-13-3-6(5)10-8/h1H,2-4H2,(H,11,12). The Morgan fingerprint density at radius 2 is 2.50 bits per heavy atom. The average molecular weight is 212 g/mol. The Morgan fingerprint density at radius 1 is 1.64 bits per heavy atom. The third-order valence-corrected chi connectivity index (χ3v) is 2.60. The number of aromatic nitrogens is 2. The maximum Gasteiger partial charge on any atom is 0.313 e. The van der Waals surface area contributed by atoms with E-state index >= 15 is 0 Å². The molecule has 74 valence electrons. The van der Waals surface area contributed by atoms with Crippen LogP contribution in [0.3, 0.4) is 0 Å². The Bertz CT molecular complexity index is 370. The fraction of sp³-hybridized carbons (Fsp3) is 0.375. The molecule has 1 aromatic heterocycles. The van der Waals surface area contributed by atoms with Crippen LogP contribution in [0.1, 0.15) is 11.3 Å². The molecule has 0 spiro atoms. The topological polar surface area (TPSA) is 72.3 Å². The number of ether oxygens (including phenoxy) is 1. The molecular weight excluding hydrogens is 204 g/mol. The molecule has 0 radical (unpaired) electrons. The van der Waals surface area contributed by atoms with E-state index in [9.17, 15) is 4.79 Å². The normalized spacial score (nSPS) is 14.0. The largest absolute Gasteiger partial charge is 0.481 e. The fourth-order valence-electron chi connectivity index (χ4n) is 1.12. The molecule has 0 unspecified atom stereocenters. The van der Waals surface area contributed by atoms with Crippen LogP contribution in [0.2, 0.25) is 0 Å². The number of aliphatic carboxylic acids is 1. The highest BCUT2D eigenvalue weighted by Crippen LogP contribution is 2.20. The Kier molecular flexibility index (Phi) is 2.64. The van der Waals surface area contributed by atoms with Crippen molar-refractivity contribution in [1.29, 1.82) is 0 Å². The Balaban J connectivity index is 2.09. The molecular formula is C8H8N2O3S. The van der Waals surface area contributed by atoms with E-state index in [0.717, 1.165) is 23.0 Å². The van der Waals surface area contributed by atoms with E-state index in [1.165, 1.54) is 0 Å². The van der Waals surface area contributed by atoms with Crippen LogP contribution in [-0.2, 0) is 22.7 Å². The quantitative estimate of drug-likeness (QED) is 0.587. The van der Waals surface area contributed by atoms with Crippen LogP contribution in [-0.4, -0.2) is 26.8 Å². The minimum absolute atomic E-state index is 0.0142. The first-order valence-corrected chi connectivity index (χ1v) is 5.01. The average Bonchev–Trinajstić information content (AvgIpc) is 2.61. The fourth-order valence-corrected chi connectivity index (χ4v) is 1.68. The number of carbonyl (C=O) groups is 1. The Hall–Kier alpha value is -1.14. The predicted molar refractivity (Wildman–Crippen MR) is 48.9 cm³/mol. The van der Waals surface area contributed by atoms with Crippen LogP contribution < -0.4 is 0 Å². The van der Waals surface area contributed by atoms with Gasteiger partial charge in [-0.05, 0) is 0 Å². The summed E-state index contributed by atoms with van der Waals surface area (Å²) in [6.45, 7) is 1.05. The molecule has 1 N–H and O–H groups in total. The summed E-state index contributed by atoms with van der Waals surface area (Å²) < 4.78 is 5.17. The third-order valence-electron chi connectivity index (χ3n) is 1.75. The molecule has 2 rings (SSSR count). The predicted octanol–water partition coefficient (Wildman–Crippen LogP) is 0.683. The maximum atomic E-state index is 10.3. The molecule has 14 heavy (non-hydrogen) atoms. The second-order valence-corrected chi connectivity index (χ2v) is 3.74. The lowest BCUT2D eigenvalue weighted by atomic mass is 10.3. The van der Waals surface area contributed by atoms with Gasteiger partial charge in [0.05, 0.1) is 24.7 Å². The SMILES string of the molecule is O=C(O)CSc1ncc2c(n1)COC2. The molecule has 2 heterocycles. The lowest BCUT2D eigenvalue weighted by Crippen LogP contribution is -2.00. The van der Waals surface area contributed by atoms with Crippen molar-refractivity contribution in [1.82, 2.24) is 9.97 Å². The van der Waals surface area contributed by atoms with E-state index < -0.39 is 5.97 Å². The molecule has 0 saturated carbocycles. The zero-order valence-electron chi connectivity index (χ0n) is 7.27. The van der Waals surface area contributed by atoms with Gasteiger partial charge in [0.1, 0.15) is 0 Å². The number of rotatable bonds is 3. The molecule has 0 saturated heterocycles. The van der Waals surface area contributed by atoms with Crippen LogP contribution in [0.4, 0.5) is 0 Å². The number of carboxylic acids is 1. The first kappa shape index (κ1) is 9.42. The Morgan fingerprint density at radius 3 is 3.29 bits per heavy atom. The van der Waals surface area contributed by atoms with Gasteiger partial charge in [-0.2, -0.15) is 0 Å². The van der Waals surface area contributed by atoms with Gasteiger partial charge in [0.25, 0.3) is 0 Å². The van der Waals surface area contributed by atoms with Crippen molar-refractivity contribution < 1.29 is 14.6 Å².